The monoisotopic (exact) mass is 696 g/mol. The lowest BCUT2D eigenvalue weighted by Crippen LogP contribution is -2.45. The Hall–Kier alpha value is -5.47. The van der Waals surface area contributed by atoms with E-state index in [0.29, 0.717) is 53.0 Å². The normalized spacial score (nSPS) is 14.8. The molecule has 14 nitrogen and oxygen atoms in total. The van der Waals surface area contributed by atoms with Gasteiger partial charge in [-0.15, -0.1) is 0 Å². The highest BCUT2D eigenvalue weighted by atomic mass is 35.5. The van der Waals surface area contributed by atoms with E-state index < -0.39 is 30.2 Å². The minimum Gasteiger partial charge on any atom is -0.490 e. The van der Waals surface area contributed by atoms with Crippen LogP contribution in [0.15, 0.2) is 71.0 Å². The molecule has 0 radical (unpaired) electrons. The number of ether oxygens (including phenoxy) is 5. The number of nitrogens with zero attached hydrogens (tertiary/aromatic N) is 1. The lowest BCUT2D eigenvalue weighted by atomic mass is 9.95. The molecule has 49 heavy (non-hydrogen) atoms. The van der Waals surface area contributed by atoms with Crippen LogP contribution in [0.1, 0.15) is 53.9 Å². The van der Waals surface area contributed by atoms with Gasteiger partial charge in [0.2, 0.25) is 0 Å². The topological polar surface area (TPSA) is 186 Å². The number of hydrazone groups is 1. The van der Waals surface area contributed by atoms with E-state index in [2.05, 4.69) is 21.2 Å². The van der Waals surface area contributed by atoms with Crippen LogP contribution in [0.3, 0.4) is 0 Å². The zero-order valence-corrected chi connectivity index (χ0v) is 28.0. The van der Waals surface area contributed by atoms with Crippen molar-refractivity contribution in [2.24, 2.45) is 5.10 Å². The summed E-state index contributed by atoms with van der Waals surface area (Å²) >= 11 is 6.51. The number of rotatable bonds is 16. The number of methoxy groups -OCH3 is 1. The molecule has 15 heteroatoms. The summed E-state index contributed by atoms with van der Waals surface area (Å²) in [5.74, 6) is -0.261. The number of aromatic carboxylic acids is 1. The number of hydrogen-bond donors (Lipinski definition) is 5. The number of carboxylic acid groups (broad SMARTS) is 1. The van der Waals surface area contributed by atoms with E-state index in [4.69, 9.17) is 40.4 Å². The van der Waals surface area contributed by atoms with Gasteiger partial charge in [0.15, 0.2) is 29.2 Å². The minimum atomic E-state index is -1.22. The Morgan fingerprint density at radius 1 is 1.00 bits per heavy atom. The molecule has 4 rings (SSSR count). The molecule has 2 atom stereocenters. The third kappa shape index (κ3) is 9.55. The molecule has 0 bridgehead atoms. The number of carbonyl (C=O) groups is 3. The van der Waals surface area contributed by atoms with E-state index in [-0.39, 0.29) is 29.4 Å². The number of esters is 1. The maximum absolute atomic E-state index is 12.5. The van der Waals surface area contributed by atoms with Crippen LogP contribution in [0.2, 0.25) is 5.02 Å². The summed E-state index contributed by atoms with van der Waals surface area (Å²) in [5, 5.41) is 29.3. The number of carboxylic acids is 1. The SMILES string of the molecule is CCOc1cc([C@@H]2NC(=O)NC(C)=C2C(=O)OC)ccc1OC[C@@H](O)N/N=C\c1cc(Cl)c(OCc2ccc(C(=O)O)cc2)c(OCC)c1. The molecule has 5 N–H and O–H groups in total. The van der Waals surface area contributed by atoms with Gasteiger partial charge in [0, 0.05) is 5.70 Å². The Balaban J connectivity index is 1.39. The van der Waals surface area contributed by atoms with Crippen LogP contribution >= 0.6 is 11.6 Å². The smallest absolute Gasteiger partial charge is 0.337 e. The van der Waals surface area contributed by atoms with Crippen LogP contribution in [-0.4, -0.2) is 67.6 Å². The molecule has 0 aliphatic carbocycles. The summed E-state index contributed by atoms with van der Waals surface area (Å²) in [6, 6.07) is 13.3. The van der Waals surface area contributed by atoms with Crippen LogP contribution in [-0.2, 0) is 16.1 Å². The predicted octanol–water partition coefficient (Wildman–Crippen LogP) is 4.54. The van der Waals surface area contributed by atoms with Gasteiger partial charge < -0.3 is 44.5 Å². The fraction of sp³-hybridized carbons (Fsp3) is 0.294. The van der Waals surface area contributed by atoms with Crippen molar-refractivity contribution in [2.45, 2.75) is 39.6 Å². The van der Waals surface area contributed by atoms with Gasteiger partial charge >= 0.3 is 18.0 Å². The number of urea groups is 1. The maximum Gasteiger partial charge on any atom is 0.337 e. The highest BCUT2D eigenvalue weighted by Gasteiger charge is 2.32. The van der Waals surface area contributed by atoms with Crippen molar-refractivity contribution >= 4 is 35.8 Å². The van der Waals surface area contributed by atoms with Gasteiger partial charge in [-0.3, -0.25) is 5.43 Å². The largest absolute Gasteiger partial charge is 0.490 e. The second-order valence-electron chi connectivity index (χ2n) is 10.5. The lowest BCUT2D eigenvalue weighted by molar-refractivity contribution is -0.136. The molecule has 1 aliphatic heterocycles. The Morgan fingerprint density at radius 2 is 1.71 bits per heavy atom. The molecular weight excluding hydrogens is 660 g/mol. The number of halogens is 1. The van der Waals surface area contributed by atoms with Crippen molar-refractivity contribution in [1.82, 2.24) is 16.1 Å². The van der Waals surface area contributed by atoms with Gasteiger partial charge in [-0.1, -0.05) is 29.8 Å². The molecule has 0 spiro atoms. The summed E-state index contributed by atoms with van der Waals surface area (Å²) < 4.78 is 28.1. The van der Waals surface area contributed by atoms with E-state index >= 15 is 0 Å². The van der Waals surface area contributed by atoms with Gasteiger partial charge in [-0.05, 0) is 73.9 Å². The zero-order valence-electron chi connectivity index (χ0n) is 27.2. The maximum atomic E-state index is 12.5. The zero-order chi connectivity index (χ0) is 35.5. The van der Waals surface area contributed by atoms with Crippen molar-refractivity contribution in [3.8, 4) is 23.0 Å². The molecule has 0 fully saturated rings. The number of allylic oxidation sites excluding steroid dienone is 1. The molecule has 0 saturated heterocycles. The first-order chi connectivity index (χ1) is 23.5. The predicted molar refractivity (Wildman–Crippen MR) is 179 cm³/mol. The van der Waals surface area contributed by atoms with E-state index in [9.17, 15) is 19.5 Å². The summed E-state index contributed by atoms with van der Waals surface area (Å²) in [6.07, 6.45) is 0.219. The van der Waals surface area contributed by atoms with Crippen molar-refractivity contribution < 1.29 is 48.3 Å². The summed E-state index contributed by atoms with van der Waals surface area (Å²) in [4.78, 5) is 35.7. The second kappa shape index (κ2) is 17.1. The van der Waals surface area contributed by atoms with Crippen molar-refractivity contribution in [2.75, 3.05) is 26.9 Å². The summed E-state index contributed by atoms with van der Waals surface area (Å²) in [6.45, 7) is 5.79. The number of amides is 2. The van der Waals surface area contributed by atoms with Gasteiger partial charge in [0.1, 0.15) is 13.2 Å². The average molecular weight is 697 g/mol. The van der Waals surface area contributed by atoms with Crippen LogP contribution in [0, 0.1) is 0 Å². The summed E-state index contributed by atoms with van der Waals surface area (Å²) in [7, 11) is 1.26. The molecule has 260 valence electrons. The molecule has 0 saturated carbocycles. The van der Waals surface area contributed by atoms with Gasteiger partial charge in [0.05, 0.1) is 48.7 Å². The standard InChI is InChI=1S/C34H37ClN4O10/c1-5-46-26-15-23(30-29(33(43)45-4)19(3)37-34(44)38-30)11-12-25(26)48-18-28(40)39-36-16-21-13-24(35)31(27(14-21)47-6-2)49-17-20-7-9-22(10-8-20)32(41)42/h7-16,28,30,39-40H,5-6,17-18H2,1-4H3,(H,41,42)(H2,37,38,44)/b36-16-/t28-,30+/m1/s1. The van der Waals surface area contributed by atoms with Crippen LogP contribution in [0.4, 0.5) is 4.79 Å². The quantitative estimate of drug-likeness (QED) is 0.0613. The van der Waals surface area contributed by atoms with E-state index in [1.54, 1.807) is 56.3 Å². The number of aliphatic hydroxyl groups is 1. The molecular formula is C34H37ClN4O10. The fourth-order valence-corrected chi connectivity index (χ4v) is 5.06. The number of carbonyl (C=O) groups excluding carboxylic acids is 2. The lowest BCUT2D eigenvalue weighted by Gasteiger charge is -2.28. The molecule has 1 aliphatic rings. The fourth-order valence-electron chi connectivity index (χ4n) is 4.78. The van der Waals surface area contributed by atoms with E-state index in [1.807, 2.05) is 6.92 Å². The third-order valence-corrected chi connectivity index (χ3v) is 7.31. The van der Waals surface area contributed by atoms with Crippen LogP contribution < -0.4 is 35.0 Å². The number of benzene rings is 3. The van der Waals surface area contributed by atoms with E-state index in [1.165, 1.54) is 25.5 Å². The van der Waals surface area contributed by atoms with Crippen LogP contribution in [0.25, 0.3) is 0 Å². The number of nitrogens with one attached hydrogen (secondary N) is 3. The van der Waals surface area contributed by atoms with Gasteiger partial charge in [-0.25, -0.2) is 14.4 Å². The van der Waals surface area contributed by atoms with Crippen LogP contribution in [0.5, 0.6) is 23.0 Å². The van der Waals surface area contributed by atoms with Crippen molar-refractivity contribution in [3.63, 3.8) is 0 Å². The number of aliphatic hydroxyl groups excluding tert-OH is 1. The first-order valence-electron chi connectivity index (χ1n) is 15.2. The Kier molecular flexibility index (Phi) is 12.7. The molecule has 1 heterocycles. The average Bonchev–Trinajstić information content (AvgIpc) is 3.07. The van der Waals surface area contributed by atoms with E-state index in [0.717, 1.165) is 5.56 Å². The van der Waals surface area contributed by atoms with Crippen molar-refractivity contribution in [3.05, 3.63) is 93.1 Å². The molecule has 0 unspecified atom stereocenters. The molecule has 0 aromatic heterocycles. The molecule has 3 aromatic carbocycles. The Bertz CT molecular complexity index is 1730. The van der Waals surface area contributed by atoms with Crippen molar-refractivity contribution in [1.29, 1.82) is 0 Å². The first kappa shape index (κ1) is 36.4. The highest BCUT2D eigenvalue weighted by molar-refractivity contribution is 6.32. The molecule has 3 aromatic rings. The Labute approximate surface area is 287 Å². The molecule has 2 amide bonds. The first-order valence-corrected chi connectivity index (χ1v) is 15.6. The summed E-state index contributed by atoms with van der Waals surface area (Å²) in [5.41, 5.74) is 5.24. The highest BCUT2D eigenvalue weighted by Crippen LogP contribution is 2.37. The number of hydrogen-bond acceptors (Lipinski definition) is 11. The minimum absolute atomic E-state index is 0.133. The third-order valence-electron chi connectivity index (χ3n) is 7.03. The van der Waals surface area contributed by atoms with Gasteiger partial charge in [-0.2, -0.15) is 5.10 Å². The van der Waals surface area contributed by atoms with Gasteiger partial charge in [0.25, 0.3) is 0 Å². The second-order valence-corrected chi connectivity index (χ2v) is 10.9. The Morgan fingerprint density at radius 3 is 2.39 bits per heavy atom.